The maximum absolute atomic E-state index is 3.12. The van der Waals surface area contributed by atoms with Crippen LogP contribution in [0.4, 0.5) is 0 Å². The fourth-order valence-electron chi connectivity index (χ4n) is 0.916. The molecule has 0 unspecified atom stereocenters. The first-order chi connectivity index (χ1) is 6.91. The van der Waals surface area contributed by atoms with Crippen molar-refractivity contribution in [2.45, 2.75) is 52.4 Å². The summed E-state index contributed by atoms with van der Waals surface area (Å²) in [5, 5.41) is 0. The Hall–Kier alpha value is -1.32. The lowest BCUT2D eigenvalue weighted by atomic mass is 10.2. The maximum Gasteiger partial charge on any atom is 0.0702 e. The molecule has 0 spiro atoms. The summed E-state index contributed by atoms with van der Waals surface area (Å²) in [6.07, 6.45) is 6.15. The van der Waals surface area contributed by atoms with Gasteiger partial charge in [0.25, 0.3) is 0 Å². The molecule has 0 aromatic carbocycles. The molecule has 0 N–H and O–H groups in total. The van der Waals surface area contributed by atoms with E-state index < -0.39 is 0 Å². The Morgan fingerprint density at radius 1 is 0.786 bits per heavy atom. The van der Waals surface area contributed by atoms with E-state index in [2.05, 4.69) is 42.4 Å². The van der Waals surface area contributed by atoms with Crippen molar-refractivity contribution >= 4 is 0 Å². The quantitative estimate of drug-likeness (QED) is 0.468. The van der Waals surface area contributed by atoms with Gasteiger partial charge < -0.3 is 0 Å². The van der Waals surface area contributed by atoms with E-state index in [9.17, 15) is 0 Å². The summed E-state index contributed by atoms with van der Waals surface area (Å²) in [6, 6.07) is 0. The lowest BCUT2D eigenvalue weighted by Gasteiger charge is -1.87. The number of unbranched alkanes of at least 4 members (excludes halogenated alkanes) is 3. The zero-order valence-corrected chi connectivity index (χ0v) is 9.24. The Kier molecular flexibility index (Phi) is 10.6. The molecule has 0 heterocycles. The summed E-state index contributed by atoms with van der Waals surface area (Å²) in [5.74, 6) is 17.8. The maximum atomic E-state index is 3.12. The molecule has 74 valence electrons. The molecule has 0 amide bonds. The second-order valence-corrected chi connectivity index (χ2v) is 2.94. The molecule has 0 aliphatic rings. The Labute approximate surface area is 88.5 Å². The van der Waals surface area contributed by atoms with Crippen LogP contribution in [0, 0.1) is 35.5 Å². The summed E-state index contributed by atoms with van der Waals surface area (Å²) in [4.78, 5) is 0. The Bertz CT molecular complexity index is 290. The monoisotopic (exact) mass is 186 g/mol. The molecule has 0 aromatic rings. The van der Waals surface area contributed by atoms with E-state index in [0.29, 0.717) is 12.8 Å². The van der Waals surface area contributed by atoms with Crippen molar-refractivity contribution in [3.8, 4) is 35.5 Å². The smallest absolute Gasteiger partial charge is 0.0702 e. The van der Waals surface area contributed by atoms with Crippen LogP contribution in [0.3, 0.4) is 0 Å². The van der Waals surface area contributed by atoms with E-state index in [1.54, 1.807) is 0 Å². The van der Waals surface area contributed by atoms with Crippen molar-refractivity contribution in [2.75, 3.05) is 0 Å². The van der Waals surface area contributed by atoms with Crippen LogP contribution >= 0.6 is 0 Å². The molecule has 0 aliphatic heterocycles. The number of hydrogen-bond donors (Lipinski definition) is 0. The third-order valence-electron chi connectivity index (χ3n) is 1.69. The second kappa shape index (κ2) is 11.7. The van der Waals surface area contributed by atoms with Crippen LogP contribution in [0.15, 0.2) is 0 Å². The molecule has 14 heavy (non-hydrogen) atoms. The Morgan fingerprint density at radius 2 is 1.43 bits per heavy atom. The minimum absolute atomic E-state index is 0.675. The van der Waals surface area contributed by atoms with Gasteiger partial charge in [-0.2, -0.15) is 0 Å². The summed E-state index contributed by atoms with van der Waals surface area (Å²) < 4.78 is 0. The summed E-state index contributed by atoms with van der Waals surface area (Å²) in [7, 11) is 0. The average molecular weight is 186 g/mol. The van der Waals surface area contributed by atoms with Crippen molar-refractivity contribution in [1.82, 2.24) is 0 Å². The van der Waals surface area contributed by atoms with Crippen LogP contribution in [0.25, 0.3) is 0 Å². The molecular weight excluding hydrogens is 168 g/mol. The van der Waals surface area contributed by atoms with Gasteiger partial charge in [0, 0.05) is 6.42 Å². The van der Waals surface area contributed by atoms with Gasteiger partial charge in [-0.25, -0.2) is 0 Å². The van der Waals surface area contributed by atoms with Crippen molar-refractivity contribution in [3.05, 3.63) is 0 Å². The molecule has 0 radical (unpaired) electrons. The standard InChI is InChI=1S/C14H18/c1-3-5-7-9-11-13-14-12-10-8-6-4-2/h3,5,7-9,14H2,1-2H3. The minimum atomic E-state index is 0.675. The second-order valence-electron chi connectivity index (χ2n) is 2.94. The van der Waals surface area contributed by atoms with E-state index in [-0.39, 0.29) is 0 Å². The number of hydrogen-bond acceptors (Lipinski definition) is 0. The number of rotatable bonds is 3. The normalized spacial score (nSPS) is 7.29. The van der Waals surface area contributed by atoms with Gasteiger partial charge in [0.2, 0.25) is 0 Å². The van der Waals surface area contributed by atoms with E-state index in [1.807, 2.05) is 6.92 Å². The zero-order valence-electron chi connectivity index (χ0n) is 9.24. The van der Waals surface area contributed by atoms with E-state index >= 15 is 0 Å². The molecule has 0 nitrogen and oxygen atoms in total. The lowest BCUT2D eigenvalue weighted by molar-refractivity contribution is 0.737. The van der Waals surface area contributed by atoms with Crippen LogP contribution in [0.2, 0.25) is 0 Å². The van der Waals surface area contributed by atoms with Gasteiger partial charge in [0.1, 0.15) is 0 Å². The SMILES string of the molecule is CC#CCC#CCC#CCCCCC. The highest BCUT2D eigenvalue weighted by Gasteiger charge is 1.79. The lowest BCUT2D eigenvalue weighted by Crippen LogP contribution is -1.71. The van der Waals surface area contributed by atoms with Gasteiger partial charge in [-0.15, -0.1) is 11.8 Å². The fourth-order valence-corrected chi connectivity index (χ4v) is 0.916. The van der Waals surface area contributed by atoms with Gasteiger partial charge in [0.05, 0.1) is 12.8 Å². The van der Waals surface area contributed by atoms with Crippen LogP contribution in [0.5, 0.6) is 0 Å². The van der Waals surface area contributed by atoms with Crippen LogP contribution in [-0.2, 0) is 0 Å². The van der Waals surface area contributed by atoms with Gasteiger partial charge >= 0.3 is 0 Å². The fraction of sp³-hybridized carbons (Fsp3) is 0.571. The van der Waals surface area contributed by atoms with Crippen molar-refractivity contribution in [3.63, 3.8) is 0 Å². The van der Waals surface area contributed by atoms with Gasteiger partial charge in [-0.3, -0.25) is 0 Å². The van der Waals surface area contributed by atoms with Crippen molar-refractivity contribution in [1.29, 1.82) is 0 Å². The predicted octanol–water partition coefficient (Wildman–Crippen LogP) is 3.38. The van der Waals surface area contributed by atoms with E-state index in [1.165, 1.54) is 19.3 Å². The third kappa shape index (κ3) is 10.7. The molecule has 0 heteroatoms. The molecule has 0 bridgehead atoms. The Balaban J connectivity index is 3.38. The summed E-state index contributed by atoms with van der Waals surface area (Å²) in [5.41, 5.74) is 0. The zero-order chi connectivity index (χ0) is 10.5. The molecule has 0 atom stereocenters. The van der Waals surface area contributed by atoms with Crippen molar-refractivity contribution in [2.24, 2.45) is 0 Å². The first-order valence-corrected chi connectivity index (χ1v) is 5.22. The van der Waals surface area contributed by atoms with E-state index in [4.69, 9.17) is 0 Å². The van der Waals surface area contributed by atoms with Gasteiger partial charge in [-0.1, -0.05) is 43.4 Å². The first-order valence-electron chi connectivity index (χ1n) is 5.22. The van der Waals surface area contributed by atoms with Gasteiger partial charge in [0.15, 0.2) is 0 Å². The van der Waals surface area contributed by atoms with Crippen LogP contribution in [-0.4, -0.2) is 0 Å². The van der Waals surface area contributed by atoms with Crippen LogP contribution < -0.4 is 0 Å². The van der Waals surface area contributed by atoms with Gasteiger partial charge in [-0.05, 0) is 13.3 Å². The van der Waals surface area contributed by atoms with E-state index in [0.717, 1.165) is 6.42 Å². The minimum Gasteiger partial charge on any atom is -0.106 e. The Morgan fingerprint density at radius 3 is 2.07 bits per heavy atom. The largest absolute Gasteiger partial charge is 0.106 e. The summed E-state index contributed by atoms with van der Waals surface area (Å²) in [6.45, 7) is 4.03. The average Bonchev–Trinajstić information content (AvgIpc) is 2.21. The molecule has 0 rings (SSSR count). The molecule has 0 saturated carbocycles. The third-order valence-corrected chi connectivity index (χ3v) is 1.69. The van der Waals surface area contributed by atoms with Crippen LogP contribution in [0.1, 0.15) is 52.4 Å². The molecular formula is C14H18. The topological polar surface area (TPSA) is 0 Å². The molecule has 0 fully saturated rings. The van der Waals surface area contributed by atoms with Crippen molar-refractivity contribution < 1.29 is 0 Å². The predicted molar refractivity (Wildman–Crippen MR) is 62.4 cm³/mol. The summed E-state index contributed by atoms with van der Waals surface area (Å²) >= 11 is 0. The first kappa shape index (κ1) is 12.7. The molecule has 0 aliphatic carbocycles. The molecule has 0 aromatic heterocycles. The highest BCUT2D eigenvalue weighted by atomic mass is 13.8. The highest BCUT2D eigenvalue weighted by Crippen LogP contribution is 1.96. The molecule has 0 saturated heterocycles. The highest BCUT2D eigenvalue weighted by molar-refractivity contribution is 5.15.